The second kappa shape index (κ2) is 6.45. The van der Waals surface area contributed by atoms with Gasteiger partial charge < -0.3 is 10.1 Å². The summed E-state index contributed by atoms with van der Waals surface area (Å²) in [6.45, 7) is 1.60. The molecule has 2 bridgehead atoms. The highest BCUT2D eigenvalue weighted by Crippen LogP contribution is 2.38. The van der Waals surface area contributed by atoms with Gasteiger partial charge >= 0.3 is 5.97 Å². The summed E-state index contributed by atoms with van der Waals surface area (Å²) in [5, 5.41) is 2.73. The molecule has 0 aromatic rings. The first kappa shape index (κ1) is 16.2. The molecule has 1 aliphatic carbocycles. The van der Waals surface area contributed by atoms with Gasteiger partial charge in [0.15, 0.2) is 0 Å². The molecular formula is C15H26N2O4S. The van der Waals surface area contributed by atoms with Gasteiger partial charge in [0.25, 0.3) is 0 Å². The van der Waals surface area contributed by atoms with Crippen LogP contribution in [0.3, 0.4) is 0 Å². The van der Waals surface area contributed by atoms with E-state index in [0.717, 1.165) is 45.2 Å². The number of hydrogen-bond acceptors (Lipinski definition) is 5. The Morgan fingerprint density at radius 2 is 1.82 bits per heavy atom. The van der Waals surface area contributed by atoms with Crippen molar-refractivity contribution >= 4 is 16.0 Å². The van der Waals surface area contributed by atoms with Crippen LogP contribution in [0.1, 0.15) is 44.9 Å². The molecule has 6 nitrogen and oxygen atoms in total. The lowest BCUT2D eigenvalue weighted by Gasteiger charge is -2.36. The Bertz CT molecular complexity index is 508. The summed E-state index contributed by atoms with van der Waals surface area (Å²) in [5.41, 5.74) is 0. The van der Waals surface area contributed by atoms with Crippen molar-refractivity contribution in [3.05, 3.63) is 0 Å². The number of sulfonamides is 1. The third-order valence-electron chi connectivity index (χ3n) is 5.47. The first-order valence-corrected chi connectivity index (χ1v) is 9.87. The Balaban J connectivity index is 1.88. The Kier molecular flexibility index (Phi) is 4.75. The molecular weight excluding hydrogens is 304 g/mol. The van der Waals surface area contributed by atoms with Gasteiger partial charge in [-0.15, -0.1) is 0 Å². The maximum Gasteiger partial charge on any atom is 0.310 e. The molecule has 0 aromatic carbocycles. The summed E-state index contributed by atoms with van der Waals surface area (Å²) >= 11 is 0. The van der Waals surface area contributed by atoms with Crippen molar-refractivity contribution in [1.29, 1.82) is 0 Å². The van der Waals surface area contributed by atoms with Crippen LogP contribution in [0.25, 0.3) is 0 Å². The number of carbonyl (C=O) groups is 1. The van der Waals surface area contributed by atoms with Crippen molar-refractivity contribution in [1.82, 2.24) is 9.62 Å². The van der Waals surface area contributed by atoms with Gasteiger partial charge in [0.2, 0.25) is 10.0 Å². The Morgan fingerprint density at radius 3 is 2.59 bits per heavy atom. The van der Waals surface area contributed by atoms with Crippen LogP contribution in [-0.4, -0.2) is 56.2 Å². The van der Waals surface area contributed by atoms with Crippen LogP contribution in [0.4, 0.5) is 0 Å². The average molecular weight is 330 g/mol. The second-order valence-electron chi connectivity index (χ2n) is 6.71. The third kappa shape index (κ3) is 2.78. The molecule has 4 atom stereocenters. The van der Waals surface area contributed by atoms with Crippen LogP contribution in [0.5, 0.6) is 0 Å². The molecule has 3 rings (SSSR count). The van der Waals surface area contributed by atoms with Crippen LogP contribution in [0.15, 0.2) is 0 Å². The molecule has 0 amide bonds. The number of fused-ring (bicyclic) bond motifs is 2. The van der Waals surface area contributed by atoms with Crippen LogP contribution in [0.2, 0.25) is 0 Å². The van der Waals surface area contributed by atoms with Gasteiger partial charge in [0.1, 0.15) is 0 Å². The first-order chi connectivity index (χ1) is 10.6. The summed E-state index contributed by atoms with van der Waals surface area (Å²) in [5.74, 6) is -0.868. The van der Waals surface area contributed by atoms with Gasteiger partial charge in [-0.05, 0) is 38.6 Å². The number of rotatable bonds is 3. The zero-order valence-corrected chi connectivity index (χ0v) is 14.0. The molecule has 1 N–H and O–H groups in total. The molecule has 126 valence electrons. The number of methoxy groups -OCH3 is 1. The van der Waals surface area contributed by atoms with Gasteiger partial charge in [-0.2, -0.15) is 4.31 Å². The highest BCUT2D eigenvalue weighted by molar-refractivity contribution is 7.89. The topological polar surface area (TPSA) is 75.7 Å². The molecule has 2 heterocycles. The number of nitrogens with one attached hydrogen (secondary N) is 1. The van der Waals surface area contributed by atoms with Crippen LogP contribution >= 0.6 is 0 Å². The molecule has 1 saturated carbocycles. The Morgan fingerprint density at radius 1 is 1.09 bits per heavy atom. The zero-order valence-electron chi connectivity index (χ0n) is 13.2. The fraction of sp³-hybridized carbons (Fsp3) is 0.933. The van der Waals surface area contributed by atoms with E-state index in [1.165, 1.54) is 7.11 Å². The highest BCUT2D eigenvalue weighted by atomic mass is 32.2. The monoisotopic (exact) mass is 330 g/mol. The van der Waals surface area contributed by atoms with Gasteiger partial charge in [0.05, 0.1) is 18.3 Å². The van der Waals surface area contributed by atoms with Crippen molar-refractivity contribution in [2.45, 2.75) is 62.3 Å². The quantitative estimate of drug-likeness (QED) is 0.777. The summed E-state index contributed by atoms with van der Waals surface area (Å²) in [4.78, 5) is 12.0. The molecule has 2 saturated heterocycles. The lowest BCUT2D eigenvalue weighted by atomic mass is 9.89. The van der Waals surface area contributed by atoms with Gasteiger partial charge in [0, 0.05) is 18.6 Å². The standard InChI is InChI=1S/C15H26N2O4S/c1-21-15(18)13-4-2-3-5-14(13)22(19,20)17-11-6-7-12(17)10-16-9-8-11/h11-14,16H,2-10H2,1H3. The van der Waals surface area contributed by atoms with E-state index in [1.54, 1.807) is 4.31 Å². The average Bonchev–Trinajstić information content (AvgIpc) is 2.80. The highest BCUT2D eigenvalue weighted by Gasteiger charge is 2.49. The van der Waals surface area contributed by atoms with E-state index < -0.39 is 21.2 Å². The molecule has 3 fully saturated rings. The van der Waals surface area contributed by atoms with Gasteiger partial charge in [-0.25, -0.2) is 8.42 Å². The van der Waals surface area contributed by atoms with Crippen LogP contribution in [-0.2, 0) is 19.6 Å². The fourth-order valence-electron chi connectivity index (χ4n) is 4.38. The number of ether oxygens (including phenoxy) is 1. The minimum absolute atomic E-state index is 0.0534. The molecule has 0 aromatic heterocycles. The molecule has 3 aliphatic rings. The number of carbonyl (C=O) groups excluding carboxylic acids is 1. The van der Waals surface area contributed by atoms with E-state index in [0.29, 0.717) is 12.8 Å². The predicted octanol–water partition coefficient (Wildman–Crippen LogP) is 0.874. The predicted molar refractivity (Wildman–Crippen MR) is 82.8 cm³/mol. The first-order valence-electron chi connectivity index (χ1n) is 8.36. The van der Waals surface area contributed by atoms with E-state index in [4.69, 9.17) is 4.74 Å². The number of nitrogens with zero attached hydrogens (tertiary/aromatic N) is 1. The minimum Gasteiger partial charge on any atom is -0.469 e. The molecule has 7 heteroatoms. The van der Waals surface area contributed by atoms with Gasteiger partial charge in [-0.3, -0.25) is 4.79 Å². The summed E-state index contributed by atoms with van der Waals surface area (Å²) in [7, 11) is -2.11. The van der Waals surface area contributed by atoms with E-state index in [1.807, 2.05) is 0 Å². The van der Waals surface area contributed by atoms with Crippen LogP contribution in [0, 0.1) is 5.92 Å². The second-order valence-corrected chi connectivity index (χ2v) is 8.76. The molecule has 4 unspecified atom stereocenters. The Labute approximate surface area is 132 Å². The van der Waals surface area contributed by atoms with Crippen molar-refractivity contribution < 1.29 is 17.9 Å². The maximum absolute atomic E-state index is 13.3. The Hall–Kier alpha value is -0.660. The van der Waals surface area contributed by atoms with E-state index >= 15 is 0 Å². The number of esters is 1. The third-order valence-corrected chi connectivity index (χ3v) is 7.98. The molecule has 2 aliphatic heterocycles. The van der Waals surface area contributed by atoms with Crippen molar-refractivity contribution in [3.8, 4) is 0 Å². The van der Waals surface area contributed by atoms with E-state index in [9.17, 15) is 13.2 Å². The number of hydrogen-bond donors (Lipinski definition) is 1. The van der Waals surface area contributed by atoms with Crippen molar-refractivity contribution in [2.24, 2.45) is 5.92 Å². The van der Waals surface area contributed by atoms with Gasteiger partial charge in [-0.1, -0.05) is 12.8 Å². The summed E-state index contributed by atoms with van der Waals surface area (Å²) in [6, 6.07) is 0.156. The van der Waals surface area contributed by atoms with E-state index in [2.05, 4.69) is 5.32 Å². The normalized spacial score (nSPS) is 36.8. The fourth-order valence-corrected chi connectivity index (χ4v) is 7.05. The maximum atomic E-state index is 13.3. The van der Waals surface area contributed by atoms with Crippen molar-refractivity contribution in [2.75, 3.05) is 20.2 Å². The lowest BCUT2D eigenvalue weighted by molar-refractivity contribution is -0.146. The molecule has 0 spiro atoms. The SMILES string of the molecule is COC(=O)C1CCCCC1S(=O)(=O)N1C2CCNCC1CC2. The largest absolute Gasteiger partial charge is 0.469 e. The van der Waals surface area contributed by atoms with E-state index in [-0.39, 0.29) is 18.1 Å². The lowest BCUT2D eigenvalue weighted by Crippen LogP contribution is -2.51. The van der Waals surface area contributed by atoms with Crippen molar-refractivity contribution in [3.63, 3.8) is 0 Å². The molecule has 22 heavy (non-hydrogen) atoms. The zero-order chi connectivity index (χ0) is 15.7. The molecule has 0 radical (unpaired) electrons. The smallest absolute Gasteiger partial charge is 0.310 e. The summed E-state index contributed by atoms with van der Waals surface area (Å²) < 4.78 is 33.2. The minimum atomic E-state index is -3.46. The van der Waals surface area contributed by atoms with Crippen LogP contribution < -0.4 is 5.32 Å². The summed E-state index contributed by atoms with van der Waals surface area (Å²) in [6.07, 6.45) is 5.71.